The molecule has 4 aliphatic rings. The van der Waals surface area contributed by atoms with Crippen LogP contribution in [0.25, 0.3) is 0 Å². The number of hydrogen-bond acceptors (Lipinski definition) is 5. The highest BCUT2D eigenvalue weighted by Crippen LogP contribution is 2.68. The number of carbonyl (C=O) groups excluding carboxylic acids is 2. The monoisotopic (exact) mass is 376 g/mol. The molecule has 27 heavy (non-hydrogen) atoms. The summed E-state index contributed by atoms with van der Waals surface area (Å²) in [6.07, 6.45) is 5.32. The Hall–Kier alpha value is -1.04. The van der Waals surface area contributed by atoms with E-state index in [9.17, 15) is 24.9 Å². The summed E-state index contributed by atoms with van der Waals surface area (Å²) in [5, 5.41) is 32.2. The average Bonchev–Trinajstić information content (AvgIpc) is 2.82. The molecule has 150 valence electrons. The first-order valence-corrected chi connectivity index (χ1v) is 10.4. The maximum atomic E-state index is 12.6. The first kappa shape index (κ1) is 19.3. The Morgan fingerprint density at radius 2 is 2.00 bits per heavy atom. The van der Waals surface area contributed by atoms with Gasteiger partial charge in [0, 0.05) is 11.8 Å². The fourth-order valence-electron chi connectivity index (χ4n) is 7.74. The lowest BCUT2D eigenvalue weighted by Crippen LogP contribution is -2.63. The van der Waals surface area contributed by atoms with E-state index in [1.165, 1.54) is 5.57 Å². The van der Waals surface area contributed by atoms with E-state index in [1.54, 1.807) is 0 Å². The van der Waals surface area contributed by atoms with Crippen LogP contribution in [0.2, 0.25) is 0 Å². The molecule has 3 fully saturated rings. The third kappa shape index (κ3) is 2.28. The quantitative estimate of drug-likeness (QED) is 0.685. The van der Waals surface area contributed by atoms with E-state index in [2.05, 4.69) is 6.92 Å². The third-order valence-corrected chi connectivity index (χ3v) is 9.05. The lowest BCUT2D eigenvalue weighted by molar-refractivity contribution is -0.187. The van der Waals surface area contributed by atoms with E-state index in [0.717, 1.165) is 25.7 Å². The molecule has 0 aromatic rings. The van der Waals surface area contributed by atoms with Gasteiger partial charge in [0.2, 0.25) is 0 Å². The molecule has 0 amide bonds. The molecular weight excluding hydrogens is 344 g/mol. The Labute approximate surface area is 160 Å². The fourth-order valence-corrected chi connectivity index (χ4v) is 7.74. The van der Waals surface area contributed by atoms with Crippen LogP contribution >= 0.6 is 0 Å². The summed E-state index contributed by atoms with van der Waals surface area (Å²) in [5.74, 6) is -0.155. The van der Waals surface area contributed by atoms with Crippen LogP contribution < -0.4 is 0 Å². The maximum Gasteiger partial charge on any atom is 0.190 e. The minimum Gasteiger partial charge on any atom is -0.393 e. The molecule has 5 nitrogen and oxygen atoms in total. The zero-order chi connectivity index (χ0) is 19.8. The van der Waals surface area contributed by atoms with Crippen LogP contribution in [0.3, 0.4) is 0 Å². The van der Waals surface area contributed by atoms with Gasteiger partial charge in [0.25, 0.3) is 0 Å². The van der Waals surface area contributed by atoms with Crippen LogP contribution in [0.1, 0.15) is 59.3 Å². The number of Topliss-reactive ketones (excluding diaryl/α,β-unsaturated/α-hetero) is 1. The highest BCUT2D eigenvalue weighted by molar-refractivity contribution is 5.92. The van der Waals surface area contributed by atoms with Crippen LogP contribution in [0.15, 0.2) is 11.6 Å². The summed E-state index contributed by atoms with van der Waals surface area (Å²) < 4.78 is 0. The van der Waals surface area contributed by atoms with Gasteiger partial charge in [-0.1, -0.05) is 26.3 Å². The van der Waals surface area contributed by atoms with Crippen LogP contribution in [0.4, 0.5) is 0 Å². The van der Waals surface area contributed by atoms with Gasteiger partial charge in [0.05, 0.1) is 6.10 Å². The number of carbonyl (C=O) groups is 2. The largest absolute Gasteiger partial charge is 0.393 e. The first-order chi connectivity index (χ1) is 12.6. The molecule has 4 rings (SSSR count). The van der Waals surface area contributed by atoms with Gasteiger partial charge in [-0.05, 0) is 67.3 Å². The molecule has 8 atom stereocenters. The summed E-state index contributed by atoms with van der Waals surface area (Å²) in [4.78, 5) is 24.5. The Kier molecular flexibility index (Phi) is 4.27. The highest BCUT2D eigenvalue weighted by Gasteiger charge is 2.70. The van der Waals surface area contributed by atoms with Gasteiger partial charge in [0.1, 0.15) is 12.2 Å². The number of rotatable bonds is 2. The Balaban J connectivity index is 1.77. The topological polar surface area (TPSA) is 94.8 Å². The van der Waals surface area contributed by atoms with Crippen molar-refractivity contribution >= 4 is 11.6 Å². The van der Waals surface area contributed by atoms with Crippen molar-refractivity contribution in [3.05, 3.63) is 11.6 Å². The number of ketones is 2. The highest BCUT2D eigenvalue weighted by atomic mass is 16.3. The van der Waals surface area contributed by atoms with E-state index < -0.39 is 29.5 Å². The zero-order valence-corrected chi connectivity index (χ0v) is 16.6. The van der Waals surface area contributed by atoms with Crippen LogP contribution in [0.5, 0.6) is 0 Å². The number of hydrogen-bond donors (Lipinski definition) is 3. The van der Waals surface area contributed by atoms with Gasteiger partial charge in [-0.3, -0.25) is 9.59 Å². The molecule has 0 radical (unpaired) electrons. The van der Waals surface area contributed by atoms with Gasteiger partial charge in [-0.25, -0.2) is 0 Å². The predicted molar refractivity (Wildman–Crippen MR) is 99.7 cm³/mol. The van der Waals surface area contributed by atoms with Crippen molar-refractivity contribution in [3.8, 4) is 0 Å². The second-order valence-corrected chi connectivity index (χ2v) is 10.1. The standard InChI is InChI=1S/C22H32O5/c1-12-8-16-15-5-4-13-9-14(24)6-7-20(13,2)19(15)17(25)10-21(16,3)22(12,27)18(26)11-23/h9,12,15-17,19,23,25,27H,4-8,10-11H2,1-3H3/t12?,15-,16-,17-,19+,20-,21-,22-/m0/s1. The van der Waals surface area contributed by atoms with Crippen LogP contribution in [-0.2, 0) is 9.59 Å². The summed E-state index contributed by atoms with van der Waals surface area (Å²) in [7, 11) is 0. The minimum absolute atomic E-state index is 0.0578. The lowest BCUT2D eigenvalue weighted by atomic mass is 9.45. The van der Waals surface area contributed by atoms with Crippen molar-refractivity contribution in [2.24, 2.45) is 34.5 Å². The van der Waals surface area contributed by atoms with E-state index in [4.69, 9.17) is 0 Å². The summed E-state index contributed by atoms with van der Waals surface area (Å²) >= 11 is 0. The second kappa shape index (κ2) is 5.98. The lowest BCUT2D eigenvalue weighted by Gasteiger charge is -2.60. The van der Waals surface area contributed by atoms with Crippen molar-refractivity contribution in [3.63, 3.8) is 0 Å². The SMILES string of the molecule is CC1C[C@H]2[C@@H]3CCC4=CC(=O)CC[C@]4(C)[C@H]3[C@@H](O)C[C@]2(C)[C@@]1(O)C(=O)CO. The molecule has 3 N–H and O–H groups in total. The van der Waals surface area contributed by atoms with Crippen molar-refractivity contribution in [1.29, 1.82) is 0 Å². The molecule has 0 aliphatic heterocycles. The molecular formula is C22H32O5. The predicted octanol–water partition coefficient (Wildman–Crippen LogP) is 2.03. The average molecular weight is 376 g/mol. The molecule has 0 aromatic heterocycles. The molecule has 5 heteroatoms. The Morgan fingerprint density at radius 3 is 2.67 bits per heavy atom. The molecule has 1 unspecified atom stereocenters. The fraction of sp³-hybridized carbons (Fsp3) is 0.818. The van der Waals surface area contributed by atoms with Gasteiger partial charge in [-0.15, -0.1) is 0 Å². The number of aliphatic hydroxyl groups excluding tert-OH is 2. The van der Waals surface area contributed by atoms with Gasteiger partial charge < -0.3 is 15.3 Å². The zero-order valence-electron chi connectivity index (χ0n) is 16.6. The number of fused-ring (bicyclic) bond motifs is 5. The van der Waals surface area contributed by atoms with Crippen molar-refractivity contribution in [2.45, 2.75) is 71.0 Å². The van der Waals surface area contributed by atoms with Crippen molar-refractivity contribution in [1.82, 2.24) is 0 Å². The van der Waals surface area contributed by atoms with Gasteiger partial charge >= 0.3 is 0 Å². The molecule has 0 spiro atoms. The summed E-state index contributed by atoms with van der Waals surface area (Å²) in [5.41, 5.74) is -1.31. The van der Waals surface area contributed by atoms with E-state index in [-0.39, 0.29) is 34.9 Å². The van der Waals surface area contributed by atoms with E-state index in [0.29, 0.717) is 12.8 Å². The Morgan fingerprint density at radius 1 is 1.30 bits per heavy atom. The van der Waals surface area contributed by atoms with Gasteiger partial charge in [-0.2, -0.15) is 0 Å². The Bertz CT molecular complexity index is 713. The van der Waals surface area contributed by atoms with Crippen LogP contribution in [0, 0.1) is 34.5 Å². The van der Waals surface area contributed by atoms with Crippen molar-refractivity contribution in [2.75, 3.05) is 6.61 Å². The maximum absolute atomic E-state index is 12.6. The summed E-state index contributed by atoms with van der Waals surface area (Å²) in [6, 6.07) is 0. The molecule has 0 aromatic carbocycles. The number of aliphatic hydroxyl groups is 3. The molecule has 3 saturated carbocycles. The number of allylic oxidation sites excluding steroid dienone is 1. The molecule has 0 bridgehead atoms. The smallest absolute Gasteiger partial charge is 0.190 e. The normalized spacial score (nSPS) is 51.9. The van der Waals surface area contributed by atoms with E-state index >= 15 is 0 Å². The molecule has 0 saturated heterocycles. The minimum atomic E-state index is -1.59. The van der Waals surface area contributed by atoms with E-state index in [1.807, 2.05) is 19.9 Å². The summed E-state index contributed by atoms with van der Waals surface area (Å²) in [6.45, 7) is 5.36. The first-order valence-electron chi connectivity index (χ1n) is 10.4. The second-order valence-electron chi connectivity index (χ2n) is 10.1. The van der Waals surface area contributed by atoms with Crippen molar-refractivity contribution < 1.29 is 24.9 Å². The molecule has 4 aliphatic carbocycles. The van der Waals surface area contributed by atoms with Gasteiger partial charge in [0.15, 0.2) is 11.6 Å². The third-order valence-electron chi connectivity index (χ3n) is 9.05. The van der Waals surface area contributed by atoms with Crippen LogP contribution in [-0.4, -0.2) is 45.2 Å². The molecule has 0 heterocycles.